The molecule has 3 aliphatic heterocycles. The zero-order chi connectivity index (χ0) is 22.5. The number of fused-ring (bicyclic) bond motifs is 3. The largest absolute Gasteiger partial charge is 0.461 e. The quantitative estimate of drug-likeness (QED) is 0.390. The second-order valence-electron chi connectivity index (χ2n) is 8.42. The summed E-state index contributed by atoms with van der Waals surface area (Å²) in [6.45, 7) is 8.86. The van der Waals surface area contributed by atoms with E-state index in [-0.39, 0.29) is 35.3 Å². The van der Waals surface area contributed by atoms with Gasteiger partial charge < -0.3 is 29.2 Å². The van der Waals surface area contributed by atoms with Gasteiger partial charge in [0.05, 0.1) is 11.2 Å². The summed E-state index contributed by atoms with van der Waals surface area (Å²) in [4.78, 5) is 36.1. The lowest BCUT2D eigenvalue weighted by molar-refractivity contribution is -0.298. The van der Waals surface area contributed by atoms with Crippen molar-refractivity contribution in [3.05, 3.63) is 35.1 Å². The minimum atomic E-state index is -1.91. The van der Waals surface area contributed by atoms with Gasteiger partial charge in [-0.25, -0.2) is 9.59 Å². The average molecular weight is 422 g/mol. The van der Waals surface area contributed by atoms with Crippen molar-refractivity contribution in [2.75, 3.05) is 6.61 Å². The molecule has 4 atom stereocenters. The first-order valence-electron chi connectivity index (χ1n) is 9.60. The van der Waals surface area contributed by atoms with Crippen LogP contribution in [0.4, 0.5) is 0 Å². The van der Waals surface area contributed by atoms with Crippen molar-refractivity contribution in [3.8, 4) is 0 Å². The summed E-state index contributed by atoms with van der Waals surface area (Å²) < 4.78 is 21.7. The maximum atomic E-state index is 12.5. The topological polar surface area (TPSA) is 129 Å². The molecule has 2 bridgehead atoms. The smallest absolute Gasteiger partial charge is 0.343 e. The van der Waals surface area contributed by atoms with E-state index in [4.69, 9.17) is 18.9 Å². The number of esters is 3. The summed E-state index contributed by atoms with van der Waals surface area (Å²) in [5.74, 6) is -3.96. The van der Waals surface area contributed by atoms with Crippen LogP contribution < -0.4 is 0 Å². The molecule has 30 heavy (non-hydrogen) atoms. The third kappa shape index (κ3) is 3.92. The molecule has 0 aliphatic carbocycles. The molecule has 0 aromatic rings. The van der Waals surface area contributed by atoms with Gasteiger partial charge in [0.2, 0.25) is 0 Å². The van der Waals surface area contributed by atoms with Crippen LogP contribution in [0.2, 0.25) is 0 Å². The van der Waals surface area contributed by atoms with Crippen LogP contribution in [0.25, 0.3) is 0 Å². The lowest BCUT2D eigenvalue weighted by atomic mass is 9.82. The first-order valence-corrected chi connectivity index (χ1v) is 9.60. The Labute approximate surface area is 173 Å². The van der Waals surface area contributed by atoms with Gasteiger partial charge in [-0.05, 0) is 33.3 Å². The zero-order valence-electron chi connectivity index (χ0n) is 17.4. The van der Waals surface area contributed by atoms with E-state index in [1.54, 1.807) is 6.92 Å². The SMILES string of the molecule is C=C(C)C(=O)O[C@H]1C[C@@](C)(O)[C@@]2(O)CC[C@@](C)(/C=C3/OC(=O)C(COC(C)=O)=C31)O2. The molecule has 1 saturated heterocycles. The van der Waals surface area contributed by atoms with E-state index in [0.29, 0.717) is 6.42 Å². The Balaban J connectivity index is 2.17. The standard InChI is InChI=1S/C21H26O9/c1-11(2)17(23)28-15-9-20(5,25)21(26)7-6-19(4,30-21)8-14-16(15)13(18(24)29-14)10-27-12(3)22/h8,15,25-26H,1,6-7,9-10H2,2-5H3/b14-8+/t15-,19-,20+,21+/m0/s1. The van der Waals surface area contributed by atoms with Gasteiger partial charge in [0.25, 0.3) is 0 Å². The van der Waals surface area contributed by atoms with Gasteiger partial charge in [-0.2, -0.15) is 0 Å². The van der Waals surface area contributed by atoms with Crippen LogP contribution in [0, 0.1) is 0 Å². The normalized spacial score (nSPS) is 37.2. The highest BCUT2D eigenvalue weighted by Gasteiger charge is 2.58. The minimum Gasteiger partial charge on any atom is -0.461 e. The monoisotopic (exact) mass is 422 g/mol. The zero-order valence-corrected chi connectivity index (χ0v) is 17.4. The molecule has 0 amide bonds. The molecule has 0 aromatic heterocycles. The average Bonchev–Trinajstić information content (AvgIpc) is 3.09. The third-order valence-electron chi connectivity index (χ3n) is 5.60. The maximum Gasteiger partial charge on any atom is 0.343 e. The number of hydrogen-bond donors (Lipinski definition) is 2. The Bertz CT molecular complexity index is 881. The van der Waals surface area contributed by atoms with Crippen LogP contribution in [0.5, 0.6) is 0 Å². The fourth-order valence-corrected chi connectivity index (χ4v) is 3.86. The van der Waals surface area contributed by atoms with E-state index in [0.717, 1.165) is 0 Å². The first kappa shape index (κ1) is 22.2. The highest BCUT2D eigenvalue weighted by Crippen LogP contribution is 2.49. The third-order valence-corrected chi connectivity index (χ3v) is 5.60. The lowest BCUT2D eigenvalue weighted by Gasteiger charge is -2.40. The van der Waals surface area contributed by atoms with E-state index in [2.05, 4.69) is 6.58 Å². The van der Waals surface area contributed by atoms with Gasteiger partial charge in [0.15, 0.2) is 5.79 Å². The van der Waals surface area contributed by atoms with Crippen molar-refractivity contribution < 1.29 is 43.5 Å². The number of aliphatic hydroxyl groups is 2. The van der Waals surface area contributed by atoms with Crippen molar-refractivity contribution in [3.63, 3.8) is 0 Å². The molecule has 0 unspecified atom stereocenters. The number of hydrogen-bond acceptors (Lipinski definition) is 9. The van der Waals surface area contributed by atoms with Crippen LogP contribution >= 0.6 is 0 Å². The summed E-state index contributed by atoms with van der Waals surface area (Å²) in [5.41, 5.74) is -2.64. The second kappa shape index (κ2) is 7.33. The Hall–Kier alpha value is -2.49. The molecule has 0 aromatic carbocycles. The van der Waals surface area contributed by atoms with E-state index in [1.165, 1.54) is 26.8 Å². The highest BCUT2D eigenvalue weighted by molar-refractivity contribution is 5.96. The Morgan fingerprint density at radius 3 is 2.53 bits per heavy atom. The van der Waals surface area contributed by atoms with Crippen LogP contribution in [0.3, 0.4) is 0 Å². The second-order valence-corrected chi connectivity index (χ2v) is 8.42. The lowest BCUT2D eigenvalue weighted by Crippen LogP contribution is -2.54. The Morgan fingerprint density at radius 2 is 1.93 bits per heavy atom. The molecule has 1 fully saturated rings. The molecule has 2 N–H and O–H groups in total. The molecule has 3 aliphatic rings. The molecule has 3 heterocycles. The van der Waals surface area contributed by atoms with Crippen LogP contribution in [-0.4, -0.2) is 57.8 Å². The Kier molecular flexibility index (Phi) is 5.43. The van der Waals surface area contributed by atoms with Crippen LogP contribution in [-0.2, 0) is 33.3 Å². The van der Waals surface area contributed by atoms with Crippen molar-refractivity contribution in [1.82, 2.24) is 0 Å². The molecular weight excluding hydrogens is 396 g/mol. The van der Waals surface area contributed by atoms with Gasteiger partial charge in [-0.1, -0.05) is 6.58 Å². The molecule has 0 radical (unpaired) electrons. The summed E-state index contributed by atoms with van der Waals surface area (Å²) in [6, 6.07) is 0. The summed E-state index contributed by atoms with van der Waals surface area (Å²) >= 11 is 0. The van der Waals surface area contributed by atoms with Gasteiger partial charge in [-0.3, -0.25) is 4.79 Å². The van der Waals surface area contributed by atoms with Gasteiger partial charge in [0.1, 0.15) is 24.1 Å². The van der Waals surface area contributed by atoms with E-state index in [1.807, 2.05) is 0 Å². The van der Waals surface area contributed by atoms with Gasteiger partial charge in [-0.15, -0.1) is 0 Å². The summed E-state index contributed by atoms with van der Waals surface area (Å²) in [7, 11) is 0. The fourth-order valence-electron chi connectivity index (χ4n) is 3.86. The highest BCUT2D eigenvalue weighted by atomic mass is 16.7. The molecule has 0 saturated carbocycles. The molecule has 9 heteroatoms. The predicted molar refractivity (Wildman–Crippen MR) is 101 cm³/mol. The van der Waals surface area contributed by atoms with E-state index >= 15 is 0 Å². The van der Waals surface area contributed by atoms with E-state index in [9.17, 15) is 24.6 Å². The van der Waals surface area contributed by atoms with Crippen molar-refractivity contribution in [1.29, 1.82) is 0 Å². The van der Waals surface area contributed by atoms with Crippen molar-refractivity contribution in [2.45, 2.75) is 70.1 Å². The minimum absolute atomic E-state index is 0.0138. The van der Waals surface area contributed by atoms with Crippen molar-refractivity contribution >= 4 is 17.9 Å². The van der Waals surface area contributed by atoms with Gasteiger partial charge in [0, 0.05) is 30.9 Å². The van der Waals surface area contributed by atoms with Crippen molar-refractivity contribution in [2.24, 2.45) is 0 Å². The summed E-state index contributed by atoms with van der Waals surface area (Å²) in [5, 5.41) is 22.1. The maximum absolute atomic E-state index is 12.5. The predicted octanol–water partition coefficient (Wildman–Crippen LogP) is 1.19. The molecule has 164 valence electrons. The number of carbonyl (C=O) groups is 3. The molecule has 0 spiro atoms. The first-order chi connectivity index (χ1) is 13.8. The molecule has 9 nitrogen and oxygen atoms in total. The number of ether oxygens (including phenoxy) is 4. The summed E-state index contributed by atoms with van der Waals surface area (Å²) in [6.07, 6.45) is 0.495. The van der Waals surface area contributed by atoms with Gasteiger partial charge >= 0.3 is 17.9 Å². The molecular formula is C21H26O9. The van der Waals surface area contributed by atoms with E-state index < -0.39 is 47.6 Å². The number of rotatable bonds is 4. The fraction of sp³-hybridized carbons (Fsp3) is 0.571. The van der Waals surface area contributed by atoms with Crippen LogP contribution in [0.15, 0.2) is 35.1 Å². The van der Waals surface area contributed by atoms with Crippen LogP contribution in [0.1, 0.15) is 47.0 Å². The molecule has 3 rings (SSSR count). The Morgan fingerprint density at radius 1 is 1.27 bits per heavy atom. The number of carbonyl (C=O) groups excluding carboxylic acids is 3.